The van der Waals surface area contributed by atoms with Gasteiger partial charge in [0.15, 0.2) is 0 Å². The summed E-state index contributed by atoms with van der Waals surface area (Å²) in [5.74, 6) is 0.0131. The molecule has 1 heterocycles. The lowest BCUT2D eigenvalue weighted by molar-refractivity contribution is -0.152. The van der Waals surface area contributed by atoms with Gasteiger partial charge in [-0.25, -0.2) is 0 Å². The van der Waals surface area contributed by atoms with Gasteiger partial charge in [0.2, 0.25) is 11.8 Å². The third-order valence-corrected chi connectivity index (χ3v) is 4.26. The Morgan fingerprint density at radius 1 is 1.10 bits per heavy atom. The van der Waals surface area contributed by atoms with Crippen molar-refractivity contribution < 1.29 is 9.59 Å². The summed E-state index contributed by atoms with van der Waals surface area (Å²) in [5, 5.41) is 2.83. The average molecular weight is 288 g/mol. The number of hydrogen-bond acceptors (Lipinski definition) is 2. The predicted octanol–water partition coefficient (Wildman–Crippen LogP) is 2.43. The molecule has 0 radical (unpaired) electrons. The van der Waals surface area contributed by atoms with E-state index in [0.717, 1.165) is 5.56 Å². The van der Waals surface area contributed by atoms with Crippen molar-refractivity contribution >= 4 is 11.8 Å². The van der Waals surface area contributed by atoms with Gasteiger partial charge in [0.05, 0.1) is 6.04 Å². The van der Waals surface area contributed by atoms with Crippen LogP contribution in [-0.2, 0) is 9.59 Å². The smallest absolute Gasteiger partial charge is 0.246 e. The molecule has 0 aromatic heterocycles. The summed E-state index contributed by atoms with van der Waals surface area (Å²) in [7, 11) is 0. The fraction of sp³-hybridized carbons (Fsp3) is 0.529. The van der Waals surface area contributed by atoms with Crippen molar-refractivity contribution in [1.82, 2.24) is 10.2 Å². The molecule has 2 amide bonds. The molecule has 1 aliphatic rings. The lowest BCUT2D eigenvalue weighted by Gasteiger charge is -2.42. The Morgan fingerprint density at radius 2 is 1.67 bits per heavy atom. The number of piperazine rings is 1. The molecule has 114 valence electrons. The minimum absolute atomic E-state index is 0.00479. The lowest BCUT2D eigenvalue weighted by Crippen LogP contribution is -2.64. The van der Waals surface area contributed by atoms with E-state index in [2.05, 4.69) is 5.32 Å². The van der Waals surface area contributed by atoms with Crippen LogP contribution in [0.15, 0.2) is 24.3 Å². The molecule has 4 heteroatoms. The maximum absolute atomic E-state index is 12.7. The monoisotopic (exact) mass is 288 g/mol. The van der Waals surface area contributed by atoms with Crippen LogP contribution in [0.3, 0.4) is 0 Å². The molecular weight excluding hydrogens is 264 g/mol. The quantitative estimate of drug-likeness (QED) is 0.928. The third-order valence-electron chi connectivity index (χ3n) is 4.26. The molecule has 0 aliphatic carbocycles. The van der Waals surface area contributed by atoms with E-state index in [9.17, 15) is 9.59 Å². The second-order valence-corrected chi connectivity index (χ2v) is 6.24. The molecule has 2 rings (SSSR count). The molecule has 21 heavy (non-hydrogen) atoms. The number of hydrogen-bond donors (Lipinski definition) is 1. The third kappa shape index (κ3) is 2.94. The maximum Gasteiger partial charge on any atom is 0.246 e. The van der Waals surface area contributed by atoms with E-state index < -0.39 is 12.1 Å². The minimum Gasteiger partial charge on any atom is -0.342 e. The maximum atomic E-state index is 12.7. The van der Waals surface area contributed by atoms with Crippen molar-refractivity contribution in [1.29, 1.82) is 0 Å². The fourth-order valence-electron chi connectivity index (χ4n) is 2.80. The van der Waals surface area contributed by atoms with Crippen LogP contribution in [0.5, 0.6) is 0 Å². The number of rotatable bonds is 3. The Balaban J connectivity index is 2.32. The summed E-state index contributed by atoms with van der Waals surface area (Å²) in [5.41, 5.74) is 2.24. The Kier molecular flexibility index (Phi) is 4.35. The van der Waals surface area contributed by atoms with E-state index in [0.29, 0.717) is 0 Å². The molecular formula is C17H24N2O2. The molecule has 0 spiro atoms. The van der Waals surface area contributed by atoms with Crippen LogP contribution in [0.1, 0.15) is 44.9 Å². The first-order chi connectivity index (χ1) is 9.82. The highest BCUT2D eigenvalue weighted by Gasteiger charge is 2.41. The molecule has 4 nitrogen and oxygen atoms in total. The number of carbonyl (C=O) groups excluding carboxylic acids is 2. The van der Waals surface area contributed by atoms with Crippen LogP contribution in [-0.4, -0.2) is 28.8 Å². The van der Waals surface area contributed by atoms with Gasteiger partial charge in [-0.15, -0.1) is 0 Å². The van der Waals surface area contributed by atoms with Crippen LogP contribution in [0.25, 0.3) is 0 Å². The number of nitrogens with zero attached hydrogens (tertiary/aromatic N) is 1. The van der Waals surface area contributed by atoms with E-state index in [1.807, 2.05) is 52.0 Å². The zero-order valence-electron chi connectivity index (χ0n) is 13.4. The van der Waals surface area contributed by atoms with Gasteiger partial charge in [0, 0.05) is 0 Å². The molecule has 1 aromatic rings. The fourth-order valence-corrected chi connectivity index (χ4v) is 2.80. The van der Waals surface area contributed by atoms with Crippen LogP contribution < -0.4 is 5.32 Å². The van der Waals surface area contributed by atoms with E-state index in [4.69, 9.17) is 0 Å². The number of nitrogens with one attached hydrogen (secondary N) is 1. The summed E-state index contributed by atoms with van der Waals surface area (Å²) in [6, 6.07) is 7.13. The Hall–Kier alpha value is -1.84. The highest BCUT2D eigenvalue weighted by atomic mass is 16.2. The highest BCUT2D eigenvalue weighted by Crippen LogP contribution is 2.27. The van der Waals surface area contributed by atoms with E-state index in [1.54, 1.807) is 11.8 Å². The Labute approximate surface area is 126 Å². The van der Waals surface area contributed by atoms with Crippen molar-refractivity contribution in [2.24, 2.45) is 5.92 Å². The van der Waals surface area contributed by atoms with Gasteiger partial charge in [-0.3, -0.25) is 9.59 Å². The summed E-state index contributed by atoms with van der Waals surface area (Å²) in [6.07, 6.45) is 0. The normalized spacial score (nSPS) is 24.2. The largest absolute Gasteiger partial charge is 0.342 e. The molecule has 3 unspecified atom stereocenters. The highest BCUT2D eigenvalue weighted by molar-refractivity contribution is 5.97. The van der Waals surface area contributed by atoms with E-state index in [1.165, 1.54) is 5.56 Å². The summed E-state index contributed by atoms with van der Waals surface area (Å²) in [6.45, 7) is 9.70. The summed E-state index contributed by atoms with van der Waals surface area (Å²) < 4.78 is 0. The van der Waals surface area contributed by atoms with Crippen LogP contribution >= 0.6 is 0 Å². The predicted molar refractivity (Wildman–Crippen MR) is 82.7 cm³/mol. The van der Waals surface area contributed by atoms with Gasteiger partial charge in [-0.05, 0) is 32.3 Å². The summed E-state index contributed by atoms with van der Waals surface area (Å²) in [4.78, 5) is 26.6. The number of amides is 2. The van der Waals surface area contributed by atoms with Gasteiger partial charge in [-0.1, -0.05) is 43.7 Å². The van der Waals surface area contributed by atoms with Gasteiger partial charge >= 0.3 is 0 Å². The van der Waals surface area contributed by atoms with Crippen molar-refractivity contribution in [3.63, 3.8) is 0 Å². The molecule has 1 aliphatic heterocycles. The van der Waals surface area contributed by atoms with Crippen LogP contribution in [0.2, 0.25) is 0 Å². The van der Waals surface area contributed by atoms with Gasteiger partial charge in [0.25, 0.3) is 0 Å². The van der Waals surface area contributed by atoms with Crippen LogP contribution in [0, 0.1) is 12.8 Å². The van der Waals surface area contributed by atoms with Gasteiger partial charge in [-0.2, -0.15) is 0 Å². The Morgan fingerprint density at radius 3 is 2.19 bits per heavy atom. The topological polar surface area (TPSA) is 49.4 Å². The van der Waals surface area contributed by atoms with Gasteiger partial charge in [0.1, 0.15) is 12.1 Å². The number of carbonyl (C=O) groups is 2. The average Bonchev–Trinajstić information content (AvgIpc) is 2.43. The first-order valence-electron chi connectivity index (χ1n) is 7.52. The number of aryl methyl sites for hydroxylation is 1. The second-order valence-electron chi connectivity index (χ2n) is 6.24. The second kappa shape index (κ2) is 5.88. The van der Waals surface area contributed by atoms with E-state index >= 15 is 0 Å². The zero-order chi connectivity index (χ0) is 15.7. The first-order valence-corrected chi connectivity index (χ1v) is 7.52. The molecule has 1 N–H and O–H groups in total. The molecule has 3 atom stereocenters. The Bertz CT molecular complexity index is 536. The SMILES string of the molecule is Cc1ccc(C(C)N2C(=O)C(C(C)C)NC(=O)C2C)cc1. The first kappa shape index (κ1) is 15.5. The summed E-state index contributed by atoms with van der Waals surface area (Å²) >= 11 is 0. The van der Waals surface area contributed by atoms with Crippen molar-refractivity contribution in [2.75, 3.05) is 0 Å². The minimum atomic E-state index is -0.441. The van der Waals surface area contributed by atoms with Crippen molar-refractivity contribution in [3.8, 4) is 0 Å². The molecule has 1 saturated heterocycles. The standard InChI is InChI=1S/C17H24N2O2/c1-10(2)15-17(21)19(13(5)16(20)18-15)12(4)14-8-6-11(3)7-9-14/h6-10,12-13,15H,1-5H3,(H,18,20). The molecule has 0 saturated carbocycles. The molecule has 1 aromatic carbocycles. The van der Waals surface area contributed by atoms with Crippen LogP contribution in [0.4, 0.5) is 0 Å². The van der Waals surface area contributed by atoms with Crippen molar-refractivity contribution in [2.45, 2.75) is 52.7 Å². The molecule has 1 fully saturated rings. The lowest BCUT2D eigenvalue weighted by atomic mass is 9.95. The number of benzene rings is 1. The van der Waals surface area contributed by atoms with Gasteiger partial charge < -0.3 is 10.2 Å². The van der Waals surface area contributed by atoms with E-state index in [-0.39, 0.29) is 23.8 Å². The molecule has 0 bridgehead atoms. The van der Waals surface area contributed by atoms with Crippen molar-refractivity contribution in [3.05, 3.63) is 35.4 Å². The zero-order valence-corrected chi connectivity index (χ0v) is 13.4.